The molecular weight excluding hydrogens is 375 g/mol. The lowest BCUT2D eigenvalue weighted by Crippen LogP contribution is -2.36. The van der Waals surface area contributed by atoms with Gasteiger partial charge in [-0.25, -0.2) is 4.39 Å². The number of rotatable bonds is 4. The lowest BCUT2D eigenvalue weighted by atomic mass is 10.1. The van der Waals surface area contributed by atoms with Crippen molar-refractivity contribution in [2.24, 2.45) is 0 Å². The fourth-order valence-electron chi connectivity index (χ4n) is 2.71. The Hall–Kier alpha value is -1.92. The number of hydrogen-bond acceptors (Lipinski definition) is 3. The second-order valence-corrected chi connectivity index (χ2v) is 6.49. The molecule has 0 spiro atoms. The summed E-state index contributed by atoms with van der Waals surface area (Å²) in [5.41, 5.74) is 2.06. The molecule has 1 N–H and O–H groups in total. The summed E-state index contributed by atoms with van der Waals surface area (Å²) in [7, 11) is 0. The van der Waals surface area contributed by atoms with Crippen LogP contribution in [0.4, 0.5) is 15.8 Å². The molecule has 6 heteroatoms. The van der Waals surface area contributed by atoms with Crippen LogP contribution in [-0.2, 0) is 16.0 Å². The number of halogens is 2. The molecule has 1 saturated heterocycles. The molecule has 2 aromatic carbocycles. The number of benzene rings is 2. The summed E-state index contributed by atoms with van der Waals surface area (Å²) in [6.45, 7) is 2.91. The van der Waals surface area contributed by atoms with Crippen LogP contribution in [0.3, 0.4) is 0 Å². The monoisotopic (exact) mass is 392 g/mol. The molecular formula is C18H18BrFN2O2. The molecule has 0 atom stereocenters. The Morgan fingerprint density at radius 1 is 1.21 bits per heavy atom. The van der Waals surface area contributed by atoms with Crippen molar-refractivity contribution in [2.75, 3.05) is 36.5 Å². The van der Waals surface area contributed by atoms with Crippen LogP contribution < -0.4 is 10.2 Å². The molecule has 1 fully saturated rings. The number of carbonyl (C=O) groups is 1. The van der Waals surface area contributed by atoms with Crippen molar-refractivity contribution in [3.05, 3.63) is 58.3 Å². The summed E-state index contributed by atoms with van der Waals surface area (Å²) < 4.78 is 19.9. The fraction of sp³-hybridized carbons (Fsp3) is 0.278. The second-order valence-electron chi connectivity index (χ2n) is 5.58. The van der Waals surface area contributed by atoms with Crippen LogP contribution in [0.1, 0.15) is 5.56 Å². The van der Waals surface area contributed by atoms with Crippen LogP contribution in [-0.4, -0.2) is 32.2 Å². The number of para-hydroxylation sites is 2. The number of ether oxygens (including phenoxy) is 1. The average molecular weight is 393 g/mol. The molecule has 0 aliphatic carbocycles. The molecule has 1 heterocycles. The number of nitrogens with one attached hydrogen (secondary N) is 1. The fourth-order valence-corrected chi connectivity index (χ4v) is 3.11. The van der Waals surface area contributed by atoms with E-state index >= 15 is 0 Å². The maximum absolute atomic E-state index is 13.8. The topological polar surface area (TPSA) is 41.6 Å². The van der Waals surface area contributed by atoms with E-state index in [0.717, 1.165) is 28.9 Å². The minimum Gasteiger partial charge on any atom is -0.378 e. The van der Waals surface area contributed by atoms with Gasteiger partial charge in [0.15, 0.2) is 0 Å². The van der Waals surface area contributed by atoms with E-state index in [-0.39, 0.29) is 18.1 Å². The predicted octanol–water partition coefficient (Wildman–Crippen LogP) is 3.61. The number of nitrogens with zero attached hydrogens (tertiary/aromatic N) is 1. The van der Waals surface area contributed by atoms with E-state index in [1.54, 1.807) is 12.1 Å². The van der Waals surface area contributed by atoms with Gasteiger partial charge < -0.3 is 15.0 Å². The summed E-state index contributed by atoms with van der Waals surface area (Å²) in [6.07, 6.45) is -0.0112. The zero-order valence-electron chi connectivity index (χ0n) is 13.1. The largest absolute Gasteiger partial charge is 0.378 e. The van der Waals surface area contributed by atoms with Crippen molar-refractivity contribution in [2.45, 2.75) is 6.42 Å². The third-order valence-corrected chi connectivity index (χ3v) is 4.38. The van der Waals surface area contributed by atoms with Crippen LogP contribution in [0.2, 0.25) is 0 Å². The Bertz CT molecular complexity index is 733. The molecule has 3 rings (SSSR count). The smallest absolute Gasteiger partial charge is 0.228 e. The Labute approximate surface area is 148 Å². The second kappa shape index (κ2) is 7.77. The Morgan fingerprint density at radius 2 is 1.96 bits per heavy atom. The van der Waals surface area contributed by atoms with Crippen LogP contribution in [0.5, 0.6) is 0 Å². The lowest BCUT2D eigenvalue weighted by molar-refractivity contribution is -0.115. The summed E-state index contributed by atoms with van der Waals surface area (Å²) >= 11 is 3.30. The van der Waals surface area contributed by atoms with Crippen molar-refractivity contribution in [1.82, 2.24) is 0 Å². The van der Waals surface area contributed by atoms with Crippen molar-refractivity contribution in [3.8, 4) is 0 Å². The highest BCUT2D eigenvalue weighted by atomic mass is 79.9. The van der Waals surface area contributed by atoms with Gasteiger partial charge in [-0.2, -0.15) is 0 Å². The average Bonchev–Trinajstić information content (AvgIpc) is 2.59. The minimum absolute atomic E-state index is 0.0112. The number of anilines is 2. The van der Waals surface area contributed by atoms with Crippen LogP contribution in [0.15, 0.2) is 46.9 Å². The summed E-state index contributed by atoms with van der Waals surface area (Å²) in [5.74, 6) is -0.623. The quantitative estimate of drug-likeness (QED) is 0.863. The van der Waals surface area contributed by atoms with E-state index in [2.05, 4.69) is 26.1 Å². The first-order chi connectivity index (χ1) is 11.6. The zero-order chi connectivity index (χ0) is 16.9. The third-order valence-electron chi connectivity index (χ3n) is 3.89. The van der Waals surface area contributed by atoms with Crippen LogP contribution in [0.25, 0.3) is 0 Å². The summed E-state index contributed by atoms with van der Waals surface area (Å²) in [5, 5.41) is 2.90. The number of morpholine rings is 1. The van der Waals surface area contributed by atoms with Gasteiger partial charge in [-0.05, 0) is 35.9 Å². The molecule has 0 bridgehead atoms. The van der Waals surface area contributed by atoms with E-state index in [1.165, 1.54) is 6.07 Å². The van der Waals surface area contributed by atoms with Crippen molar-refractivity contribution >= 4 is 33.2 Å². The molecule has 0 saturated carbocycles. The van der Waals surface area contributed by atoms with E-state index < -0.39 is 0 Å². The first kappa shape index (κ1) is 16.9. The summed E-state index contributed by atoms with van der Waals surface area (Å²) in [6, 6.07) is 12.2. The van der Waals surface area contributed by atoms with Gasteiger partial charge in [0.1, 0.15) is 5.82 Å². The SMILES string of the molecule is O=C(Cc1cc(Br)ccc1F)Nc1ccccc1N1CCOCC1. The molecule has 1 aliphatic rings. The van der Waals surface area contributed by atoms with E-state index in [4.69, 9.17) is 4.74 Å². The highest BCUT2D eigenvalue weighted by Crippen LogP contribution is 2.26. The molecule has 126 valence electrons. The van der Waals surface area contributed by atoms with E-state index in [0.29, 0.717) is 18.8 Å². The molecule has 24 heavy (non-hydrogen) atoms. The maximum atomic E-state index is 13.8. The first-order valence-electron chi connectivity index (χ1n) is 7.79. The van der Waals surface area contributed by atoms with Gasteiger partial charge in [0.05, 0.1) is 31.0 Å². The van der Waals surface area contributed by atoms with Gasteiger partial charge in [-0.1, -0.05) is 28.1 Å². The van der Waals surface area contributed by atoms with Gasteiger partial charge in [0, 0.05) is 17.6 Å². The predicted molar refractivity (Wildman–Crippen MR) is 95.9 cm³/mol. The van der Waals surface area contributed by atoms with E-state index in [9.17, 15) is 9.18 Å². The number of carbonyl (C=O) groups excluding carboxylic acids is 1. The molecule has 1 aliphatic heterocycles. The minimum atomic E-state index is -0.380. The normalized spacial score (nSPS) is 14.5. The van der Waals surface area contributed by atoms with Gasteiger partial charge in [0.2, 0.25) is 5.91 Å². The van der Waals surface area contributed by atoms with Gasteiger partial charge in [0.25, 0.3) is 0 Å². The molecule has 4 nitrogen and oxygen atoms in total. The van der Waals surface area contributed by atoms with Crippen molar-refractivity contribution in [1.29, 1.82) is 0 Å². The third kappa shape index (κ3) is 4.13. The molecule has 0 unspecified atom stereocenters. The Morgan fingerprint density at radius 3 is 2.75 bits per heavy atom. The lowest BCUT2D eigenvalue weighted by Gasteiger charge is -2.30. The molecule has 2 aromatic rings. The molecule has 1 amide bonds. The number of hydrogen-bond donors (Lipinski definition) is 1. The molecule has 0 radical (unpaired) electrons. The van der Waals surface area contributed by atoms with Crippen molar-refractivity contribution in [3.63, 3.8) is 0 Å². The first-order valence-corrected chi connectivity index (χ1v) is 8.58. The Balaban J connectivity index is 1.73. The van der Waals surface area contributed by atoms with Crippen LogP contribution in [0, 0.1) is 5.82 Å². The van der Waals surface area contributed by atoms with E-state index in [1.807, 2.05) is 24.3 Å². The standard InChI is InChI=1S/C18H18BrFN2O2/c19-14-5-6-15(20)13(11-14)12-18(23)21-16-3-1-2-4-17(16)22-7-9-24-10-8-22/h1-6,11H,7-10,12H2,(H,21,23). The Kier molecular flexibility index (Phi) is 5.48. The van der Waals surface area contributed by atoms with Crippen molar-refractivity contribution < 1.29 is 13.9 Å². The highest BCUT2D eigenvalue weighted by Gasteiger charge is 2.16. The summed E-state index contributed by atoms with van der Waals surface area (Å²) in [4.78, 5) is 14.5. The maximum Gasteiger partial charge on any atom is 0.228 e. The molecule has 0 aromatic heterocycles. The van der Waals surface area contributed by atoms with Crippen LogP contribution >= 0.6 is 15.9 Å². The van der Waals surface area contributed by atoms with Gasteiger partial charge in [-0.3, -0.25) is 4.79 Å². The highest BCUT2D eigenvalue weighted by molar-refractivity contribution is 9.10. The van der Waals surface area contributed by atoms with Gasteiger partial charge in [-0.15, -0.1) is 0 Å². The number of amides is 1. The van der Waals surface area contributed by atoms with Gasteiger partial charge >= 0.3 is 0 Å². The zero-order valence-corrected chi connectivity index (χ0v) is 14.7.